The van der Waals surface area contributed by atoms with E-state index in [9.17, 15) is 4.79 Å². The van der Waals surface area contributed by atoms with Gasteiger partial charge in [0.25, 0.3) is 0 Å². The van der Waals surface area contributed by atoms with Crippen molar-refractivity contribution in [3.63, 3.8) is 0 Å². The maximum atomic E-state index is 12.2. The fourth-order valence-corrected chi connectivity index (χ4v) is 3.37. The molecule has 8 nitrogen and oxygen atoms in total. The summed E-state index contributed by atoms with van der Waals surface area (Å²) in [4.78, 5) is 20.6. The summed E-state index contributed by atoms with van der Waals surface area (Å²) in [5.74, 6) is 0.379. The third-order valence-corrected chi connectivity index (χ3v) is 5.13. The van der Waals surface area contributed by atoms with Crippen molar-refractivity contribution in [1.82, 2.24) is 15.3 Å². The second-order valence-corrected chi connectivity index (χ2v) is 7.46. The number of amides is 2. The molecule has 0 aliphatic rings. The van der Waals surface area contributed by atoms with Gasteiger partial charge in [0.2, 0.25) is 5.95 Å². The SMILES string of the molecule is CCC(CC)NC(=O)Nc1ccc(-c2c(N)nc(N)nc2COCc2ccccc2)cc1. The number of urea groups is 1. The molecular formula is C24H30N6O2. The third kappa shape index (κ3) is 6.18. The topological polar surface area (TPSA) is 128 Å². The Morgan fingerprint density at radius 1 is 0.969 bits per heavy atom. The molecule has 2 aromatic carbocycles. The van der Waals surface area contributed by atoms with Crippen LogP contribution in [0.5, 0.6) is 0 Å². The number of rotatable bonds is 9. The van der Waals surface area contributed by atoms with Gasteiger partial charge < -0.3 is 26.8 Å². The Labute approximate surface area is 188 Å². The Bertz CT molecular complexity index is 1020. The van der Waals surface area contributed by atoms with Crippen molar-refractivity contribution in [3.05, 3.63) is 65.9 Å². The van der Waals surface area contributed by atoms with Crippen LogP contribution in [0.4, 0.5) is 22.2 Å². The van der Waals surface area contributed by atoms with Crippen LogP contribution in [0.3, 0.4) is 0 Å². The number of carbonyl (C=O) groups is 1. The summed E-state index contributed by atoms with van der Waals surface area (Å²) in [5, 5.41) is 5.81. The predicted octanol–water partition coefficient (Wildman–Crippen LogP) is 4.33. The van der Waals surface area contributed by atoms with Gasteiger partial charge in [0, 0.05) is 17.3 Å². The second kappa shape index (κ2) is 11.1. The summed E-state index contributed by atoms with van der Waals surface area (Å²) in [6.07, 6.45) is 1.77. The first-order chi connectivity index (χ1) is 15.5. The molecule has 1 aromatic heterocycles. The van der Waals surface area contributed by atoms with Gasteiger partial charge >= 0.3 is 6.03 Å². The van der Waals surface area contributed by atoms with E-state index >= 15 is 0 Å². The second-order valence-electron chi connectivity index (χ2n) is 7.46. The van der Waals surface area contributed by atoms with Crippen molar-refractivity contribution in [2.24, 2.45) is 0 Å². The molecule has 0 bridgehead atoms. The van der Waals surface area contributed by atoms with Crippen molar-refractivity contribution < 1.29 is 9.53 Å². The minimum absolute atomic E-state index is 0.0981. The van der Waals surface area contributed by atoms with Gasteiger partial charge in [0.1, 0.15) is 5.82 Å². The molecule has 6 N–H and O–H groups in total. The van der Waals surface area contributed by atoms with Crippen LogP contribution in [-0.2, 0) is 18.0 Å². The quantitative estimate of drug-likeness (QED) is 0.397. The summed E-state index contributed by atoms with van der Waals surface area (Å²) >= 11 is 0. The molecule has 168 valence electrons. The monoisotopic (exact) mass is 434 g/mol. The van der Waals surface area contributed by atoms with Gasteiger partial charge in [-0.05, 0) is 36.1 Å². The number of benzene rings is 2. The molecular weight excluding hydrogens is 404 g/mol. The zero-order chi connectivity index (χ0) is 22.9. The number of nitrogens with two attached hydrogens (primary N) is 2. The van der Waals surface area contributed by atoms with E-state index in [0.29, 0.717) is 23.6 Å². The number of hydrogen-bond donors (Lipinski definition) is 4. The van der Waals surface area contributed by atoms with E-state index in [4.69, 9.17) is 16.2 Å². The molecule has 0 saturated carbocycles. The fraction of sp³-hybridized carbons (Fsp3) is 0.292. The molecule has 3 rings (SSSR count). The molecule has 0 unspecified atom stereocenters. The number of carbonyl (C=O) groups excluding carboxylic acids is 1. The first-order valence-electron chi connectivity index (χ1n) is 10.7. The Morgan fingerprint density at radius 2 is 1.66 bits per heavy atom. The van der Waals surface area contributed by atoms with Crippen LogP contribution in [0.15, 0.2) is 54.6 Å². The highest BCUT2D eigenvalue weighted by atomic mass is 16.5. The van der Waals surface area contributed by atoms with E-state index < -0.39 is 0 Å². The number of nitrogens with one attached hydrogen (secondary N) is 2. The molecule has 0 aliphatic heterocycles. The number of anilines is 3. The van der Waals surface area contributed by atoms with Gasteiger partial charge in [-0.15, -0.1) is 0 Å². The van der Waals surface area contributed by atoms with Gasteiger partial charge in [-0.2, -0.15) is 4.98 Å². The largest absolute Gasteiger partial charge is 0.383 e. The number of aromatic nitrogens is 2. The average molecular weight is 435 g/mol. The minimum atomic E-state index is -0.225. The predicted molar refractivity (Wildman–Crippen MR) is 128 cm³/mol. The number of nitrogens with zero attached hydrogens (tertiary/aromatic N) is 2. The zero-order valence-electron chi connectivity index (χ0n) is 18.5. The molecule has 3 aromatic rings. The molecule has 0 fully saturated rings. The van der Waals surface area contributed by atoms with Crippen molar-refractivity contribution in [2.45, 2.75) is 45.9 Å². The third-order valence-electron chi connectivity index (χ3n) is 5.13. The van der Waals surface area contributed by atoms with Crippen LogP contribution in [0, 0.1) is 0 Å². The van der Waals surface area contributed by atoms with Gasteiger partial charge in [-0.3, -0.25) is 0 Å². The number of ether oxygens (including phenoxy) is 1. The fourth-order valence-electron chi connectivity index (χ4n) is 3.37. The average Bonchev–Trinajstić information content (AvgIpc) is 2.79. The van der Waals surface area contributed by atoms with Gasteiger partial charge in [-0.1, -0.05) is 56.3 Å². The standard InChI is InChI=1S/C24H30N6O2/c1-3-18(4-2)27-24(31)28-19-12-10-17(11-13-19)21-20(29-23(26)30-22(21)25)15-32-14-16-8-6-5-7-9-16/h5-13,18H,3-4,14-15H2,1-2H3,(H2,27,28,31)(H4,25,26,29,30). The van der Waals surface area contributed by atoms with E-state index in [1.54, 1.807) is 0 Å². The molecule has 32 heavy (non-hydrogen) atoms. The summed E-state index contributed by atoms with van der Waals surface area (Å²) in [6, 6.07) is 17.1. The van der Waals surface area contributed by atoms with Crippen LogP contribution in [0.25, 0.3) is 11.1 Å². The molecule has 0 saturated heterocycles. The highest BCUT2D eigenvalue weighted by Crippen LogP contribution is 2.30. The van der Waals surface area contributed by atoms with Crippen LogP contribution in [0.2, 0.25) is 0 Å². The normalized spacial score (nSPS) is 10.8. The first kappa shape index (κ1) is 23.0. The smallest absolute Gasteiger partial charge is 0.319 e. The lowest BCUT2D eigenvalue weighted by atomic mass is 10.0. The maximum absolute atomic E-state index is 12.2. The summed E-state index contributed by atoms with van der Waals surface area (Å²) in [5.41, 5.74) is 15.8. The Hall–Kier alpha value is -3.65. The minimum Gasteiger partial charge on any atom is -0.383 e. The van der Waals surface area contributed by atoms with E-state index in [0.717, 1.165) is 24.0 Å². The van der Waals surface area contributed by atoms with Crippen LogP contribution in [-0.4, -0.2) is 22.0 Å². The lowest BCUT2D eigenvalue weighted by molar-refractivity contribution is 0.105. The lowest BCUT2D eigenvalue weighted by Crippen LogP contribution is -2.37. The van der Waals surface area contributed by atoms with Gasteiger partial charge in [0.05, 0.1) is 18.9 Å². The maximum Gasteiger partial charge on any atom is 0.319 e. The van der Waals surface area contributed by atoms with Crippen LogP contribution >= 0.6 is 0 Å². The van der Waals surface area contributed by atoms with Crippen molar-refractivity contribution >= 4 is 23.5 Å². The van der Waals surface area contributed by atoms with E-state index in [2.05, 4.69) is 20.6 Å². The summed E-state index contributed by atoms with van der Waals surface area (Å²) in [6.45, 7) is 4.77. The van der Waals surface area contributed by atoms with Crippen LogP contribution in [0.1, 0.15) is 37.9 Å². The van der Waals surface area contributed by atoms with Crippen molar-refractivity contribution in [1.29, 1.82) is 0 Å². The Morgan fingerprint density at radius 3 is 2.31 bits per heavy atom. The van der Waals surface area contributed by atoms with Gasteiger partial charge in [0.15, 0.2) is 0 Å². The molecule has 2 amide bonds. The number of nitrogen functional groups attached to an aromatic ring is 2. The zero-order valence-corrected chi connectivity index (χ0v) is 18.5. The molecule has 0 spiro atoms. The Kier molecular flexibility index (Phi) is 7.99. The summed E-state index contributed by atoms with van der Waals surface area (Å²) < 4.78 is 5.85. The number of hydrogen-bond acceptors (Lipinski definition) is 6. The molecule has 8 heteroatoms. The lowest BCUT2D eigenvalue weighted by Gasteiger charge is -2.16. The Balaban J connectivity index is 1.73. The van der Waals surface area contributed by atoms with E-state index in [1.807, 2.05) is 68.4 Å². The van der Waals surface area contributed by atoms with Crippen molar-refractivity contribution in [2.75, 3.05) is 16.8 Å². The summed E-state index contributed by atoms with van der Waals surface area (Å²) in [7, 11) is 0. The molecule has 1 heterocycles. The van der Waals surface area contributed by atoms with Gasteiger partial charge in [-0.25, -0.2) is 9.78 Å². The molecule has 0 atom stereocenters. The first-order valence-corrected chi connectivity index (χ1v) is 10.7. The highest BCUT2D eigenvalue weighted by Gasteiger charge is 2.15. The van der Waals surface area contributed by atoms with E-state index in [1.165, 1.54) is 0 Å². The highest BCUT2D eigenvalue weighted by molar-refractivity contribution is 5.90. The van der Waals surface area contributed by atoms with Crippen molar-refractivity contribution in [3.8, 4) is 11.1 Å². The molecule has 0 aliphatic carbocycles. The van der Waals surface area contributed by atoms with Crippen LogP contribution < -0.4 is 22.1 Å². The molecule has 0 radical (unpaired) electrons. The van der Waals surface area contributed by atoms with E-state index in [-0.39, 0.29) is 30.4 Å².